The van der Waals surface area contributed by atoms with E-state index in [-0.39, 0.29) is 46.9 Å². The molecule has 174 valence electrons. The van der Waals surface area contributed by atoms with Gasteiger partial charge in [0.15, 0.2) is 0 Å². The van der Waals surface area contributed by atoms with Gasteiger partial charge in [-0.05, 0) is 61.0 Å². The maximum absolute atomic E-state index is 12.9. The minimum atomic E-state index is -0.594. The molecule has 2 fully saturated rings. The summed E-state index contributed by atoms with van der Waals surface area (Å²) in [6.07, 6.45) is 3.36. The number of benzene rings is 1. The SMILES string of the molecule is C[C@@H]1[C@@H]2[C@@H](O)[C@@H]([C@H](C)C(=O)N(C)CCC#N)CC[C@]2(C)CC[C@@H]1NC(=O)c1ccccc1. The number of nitrogens with one attached hydrogen (secondary N) is 1. The summed E-state index contributed by atoms with van der Waals surface area (Å²) < 4.78 is 0. The lowest BCUT2D eigenvalue weighted by atomic mass is 9.51. The molecule has 2 N–H and O–H groups in total. The summed E-state index contributed by atoms with van der Waals surface area (Å²) in [5.41, 5.74) is 0.661. The van der Waals surface area contributed by atoms with E-state index in [2.05, 4.69) is 25.2 Å². The Kier molecular flexibility index (Phi) is 7.61. The van der Waals surface area contributed by atoms with Crippen LogP contribution in [0.15, 0.2) is 30.3 Å². The zero-order chi connectivity index (χ0) is 23.5. The van der Waals surface area contributed by atoms with Crippen molar-refractivity contribution in [3.8, 4) is 6.07 Å². The summed E-state index contributed by atoms with van der Waals surface area (Å²) in [7, 11) is 1.73. The maximum atomic E-state index is 12.9. The van der Waals surface area contributed by atoms with Crippen LogP contribution >= 0.6 is 0 Å². The standard InChI is InChI=1S/C26H37N3O3/c1-17(25(32)29(4)16-8-15-27)20-11-13-26(3)14-12-21(18(2)22(26)23(20)30)28-24(31)19-9-6-5-7-10-19/h5-7,9-10,17-18,20-23,30H,8,11-14,16H2,1-4H3,(H,28,31)/t17-,18-,20+,21-,22+,23-,26+/m0/s1. The van der Waals surface area contributed by atoms with Gasteiger partial charge in [-0.3, -0.25) is 9.59 Å². The van der Waals surface area contributed by atoms with E-state index < -0.39 is 6.10 Å². The fourth-order valence-electron chi connectivity index (χ4n) is 6.20. The van der Waals surface area contributed by atoms with Gasteiger partial charge in [-0.1, -0.05) is 39.0 Å². The number of amides is 2. The van der Waals surface area contributed by atoms with Crippen molar-refractivity contribution >= 4 is 11.8 Å². The number of nitriles is 1. The van der Waals surface area contributed by atoms with Crippen LogP contribution < -0.4 is 5.32 Å². The molecule has 2 aliphatic carbocycles. The lowest BCUT2D eigenvalue weighted by Gasteiger charge is -2.56. The summed E-state index contributed by atoms with van der Waals surface area (Å²) in [5.74, 6) is -0.365. The number of carbonyl (C=O) groups excluding carboxylic acids is 2. The molecule has 2 amide bonds. The Labute approximate surface area is 192 Å². The van der Waals surface area contributed by atoms with Crippen molar-refractivity contribution in [1.29, 1.82) is 5.26 Å². The van der Waals surface area contributed by atoms with Gasteiger partial charge in [-0.15, -0.1) is 0 Å². The molecule has 1 aromatic rings. The molecule has 7 atom stereocenters. The van der Waals surface area contributed by atoms with Crippen LogP contribution in [0, 0.1) is 40.4 Å². The first-order chi connectivity index (χ1) is 15.2. The minimum Gasteiger partial charge on any atom is -0.392 e. The van der Waals surface area contributed by atoms with Crippen molar-refractivity contribution in [1.82, 2.24) is 10.2 Å². The fourth-order valence-corrected chi connectivity index (χ4v) is 6.20. The van der Waals surface area contributed by atoms with Crippen LogP contribution in [0.25, 0.3) is 0 Å². The van der Waals surface area contributed by atoms with Crippen molar-refractivity contribution in [2.75, 3.05) is 13.6 Å². The van der Waals surface area contributed by atoms with Gasteiger partial charge in [0, 0.05) is 31.1 Å². The van der Waals surface area contributed by atoms with Crippen LogP contribution in [0.1, 0.15) is 63.2 Å². The molecule has 3 rings (SSSR count). The van der Waals surface area contributed by atoms with Crippen LogP contribution in [0.3, 0.4) is 0 Å². The summed E-state index contributed by atoms with van der Waals surface area (Å²) in [4.78, 5) is 27.3. The molecule has 0 saturated heterocycles. The number of rotatable bonds is 6. The molecule has 6 nitrogen and oxygen atoms in total. The van der Waals surface area contributed by atoms with Crippen LogP contribution in [0.5, 0.6) is 0 Å². The molecule has 0 heterocycles. The average Bonchev–Trinajstić information content (AvgIpc) is 2.79. The molecule has 0 spiro atoms. The molecule has 0 aliphatic heterocycles. The van der Waals surface area contributed by atoms with E-state index in [0.717, 1.165) is 25.7 Å². The molecule has 0 aromatic heterocycles. The van der Waals surface area contributed by atoms with E-state index in [4.69, 9.17) is 5.26 Å². The predicted molar refractivity (Wildman–Crippen MR) is 123 cm³/mol. The molecule has 0 bridgehead atoms. The number of aliphatic hydroxyl groups is 1. The summed E-state index contributed by atoms with van der Waals surface area (Å²) in [6.45, 7) is 6.71. The Morgan fingerprint density at radius 1 is 1.28 bits per heavy atom. The third kappa shape index (κ3) is 4.83. The van der Waals surface area contributed by atoms with E-state index >= 15 is 0 Å². The van der Waals surface area contributed by atoms with Crippen molar-refractivity contribution in [2.24, 2.45) is 29.1 Å². The Hall–Kier alpha value is -2.39. The largest absolute Gasteiger partial charge is 0.392 e. The highest BCUT2D eigenvalue weighted by atomic mass is 16.3. The van der Waals surface area contributed by atoms with E-state index in [1.807, 2.05) is 37.3 Å². The Morgan fingerprint density at radius 2 is 1.94 bits per heavy atom. The second-order valence-electron chi connectivity index (χ2n) is 10.2. The van der Waals surface area contributed by atoms with E-state index in [1.54, 1.807) is 11.9 Å². The maximum Gasteiger partial charge on any atom is 0.251 e. The van der Waals surface area contributed by atoms with Gasteiger partial charge in [0.2, 0.25) is 5.91 Å². The number of hydrogen-bond donors (Lipinski definition) is 2. The third-order valence-electron chi connectivity index (χ3n) is 8.21. The fraction of sp³-hybridized carbons (Fsp3) is 0.654. The molecule has 2 saturated carbocycles. The smallest absolute Gasteiger partial charge is 0.251 e. The highest BCUT2D eigenvalue weighted by Crippen LogP contribution is 2.55. The zero-order valence-electron chi connectivity index (χ0n) is 19.8. The van der Waals surface area contributed by atoms with Gasteiger partial charge in [0.1, 0.15) is 0 Å². The number of nitrogens with zero attached hydrogens (tertiary/aromatic N) is 2. The molecule has 32 heavy (non-hydrogen) atoms. The molecule has 6 heteroatoms. The monoisotopic (exact) mass is 439 g/mol. The first-order valence-corrected chi connectivity index (χ1v) is 11.9. The van der Waals surface area contributed by atoms with E-state index in [9.17, 15) is 14.7 Å². The number of hydrogen-bond acceptors (Lipinski definition) is 4. The number of fused-ring (bicyclic) bond motifs is 1. The second-order valence-corrected chi connectivity index (χ2v) is 10.2. The lowest BCUT2D eigenvalue weighted by molar-refractivity contribution is -0.149. The average molecular weight is 440 g/mol. The van der Waals surface area contributed by atoms with Gasteiger partial charge in [-0.2, -0.15) is 5.26 Å². The normalized spacial score (nSPS) is 32.8. The molecular formula is C26H37N3O3. The van der Waals surface area contributed by atoms with Gasteiger partial charge in [0.05, 0.1) is 18.6 Å². The highest BCUT2D eigenvalue weighted by molar-refractivity contribution is 5.94. The van der Waals surface area contributed by atoms with Crippen LogP contribution in [-0.2, 0) is 4.79 Å². The van der Waals surface area contributed by atoms with E-state index in [1.165, 1.54) is 0 Å². The Bertz CT molecular complexity index is 852. The number of carbonyl (C=O) groups is 2. The topological polar surface area (TPSA) is 93.4 Å². The van der Waals surface area contributed by atoms with Crippen molar-refractivity contribution in [2.45, 2.75) is 65.0 Å². The number of aliphatic hydroxyl groups excluding tert-OH is 1. The molecular weight excluding hydrogens is 402 g/mol. The Morgan fingerprint density at radius 3 is 2.59 bits per heavy atom. The van der Waals surface area contributed by atoms with Gasteiger partial charge < -0.3 is 15.3 Å². The van der Waals surface area contributed by atoms with Crippen LogP contribution in [0.2, 0.25) is 0 Å². The first kappa shape index (κ1) is 24.3. The first-order valence-electron chi connectivity index (χ1n) is 11.9. The zero-order valence-corrected chi connectivity index (χ0v) is 19.8. The third-order valence-corrected chi connectivity index (χ3v) is 8.21. The van der Waals surface area contributed by atoms with Crippen LogP contribution in [-0.4, -0.2) is 47.6 Å². The summed E-state index contributed by atoms with van der Waals surface area (Å²) in [6, 6.07) is 11.3. The van der Waals surface area contributed by atoms with Gasteiger partial charge >= 0.3 is 0 Å². The van der Waals surface area contributed by atoms with Crippen molar-refractivity contribution in [3.63, 3.8) is 0 Å². The van der Waals surface area contributed by atoms with Crippen molar-refractivity contribution < 1.29 is 14.7 Å². The highest BCUT2D eigenvalue weighted by Gasteiger charge is 2.54. The lowest BCUT2D eigenvalue weighted by Crippen LogP contribution is -2.58. The summed E-state index contributed by atoms with van der Waals surface area (Å²) in [5, 5.41) is 23.5. The van der Waals surface area contributed by atoms with Gasteiger partial charge in [-0.25, -0.2) is 0 Å². The second kappa shape index (κ2) is 10.0. The van der Waals surface area contributed by atoms with Crippen molar-refractivity contribution in [3.05, 3.63) is 35.9 Å². The van der Waals surface area contributed by atoms with Gasteiger partial charge in [0.25, 0.3) is 5.91 Å². The molecule has 0 radical (unpaired) electrons. The quantitative estimate of drug-likeness (QED) is 0.708. The molecule has 1 aromatic carbocycles. The predicted octanol–water partition coefficient (Wildman–Crippen LogP) is 3.62. The molecule has 2 aliphatic rings. The summed E-state index contributed by atoms with van der Waals surface area (Å²) >= 11 is 0. The van der Waals surface area contributed by atoms with E-state index in [0.29, 0.717) is 18.5 Å². The van der Waals surface area contributed by atoms with Crippen LogP contribution in [0.4, 0.5) is 0 Å². The molecule has 0 unspecified atom stereocenters. The Balaban J connectivity index is 1.73. The minimum absolute atomic E-state index is 0.00140.